The van der Waals surface area contributed by atoms with Crippen LogP contribution in [0.4, 0.5) is 10.5 Å². The number of para-hydroxylation sites is 1. The van der Waals surface area contributed by atoms with Gasteiger partial charge >= 0.3 is 6.03 Å². The minimum Gasteiger partial charge on any atom is -0.497 e. The molecule has 0 aliphatic carbocycles. The number of hydrogen-bond donors (Lipinski definition) is 2. The largest absolute Gasteiger partial charge is 0.497 e. The molecular formula is C22H25N3O4. The van der Waals surface area contributed by atoms with Crippen molar-refractivity contribution in [3.05, 3.63) is 59.7 Å². The number of ether oxygens (including phenoxy) is 1. The third kappa shape index (κ3) is 4.93. The lowest BCUT2D eigenvalue weighted by molar-refractivity contribution is -0.128. The summed E-state index contributed by atoms with van der Waals surface area (Å²) in [6, 6.07) is 13.7. The van der Waals surface area contributed by atoms with Crippen molar-refractivity contribution in [2.45, 2.75) is 38.8 Å². The highest BCUT2D eigenvalue weighted by Crippen LogP contribution is 2.19. The van der Waals surface area contributed by atoms with Gasteiger partial charge < -0.3 is 15.4 Å². The molecule has 7 nitrogen and oxygen atoms in total. The minimum absolute atomic E-state index is 0.144. The molecule has 0 aromatic heterocycles. The summed E-state index contributed by atoms with van der Waals surface area (Å²) >= 11 is 0. The van der Waals surface area contributed by atoms with E-state index in [1.165, 1.54) is 4.90 Å². The maximum Gasteiger partial charge on any atom is 0.325 e. The molecule has 0 bridgehead atoms. The van der Waals surface area contributed by atoms with Crippen molar-refractivity contribution < 1.29 is 19.1 Å². The first kappa shape index (κ1) is 20.4. The van der Waals surface area contributed by atoms with Crippen molar-refractivity contribution in [2.75, 3.05) is 12.4 Å². The number of amides is 4. The van der Waals surface area contributed by atoms with Crippen LogP contribution in [0.5, 0.6) is 5.75 Å². The number of urea groups is 1. The van der Waals surface area contributed by atoms with Crippen molar-refractivity contribution in [2.24, 2.45) is 0 Å². The fraction of sp³-hybridized carbons (Fsp3) is 0.318. The minimum atomic E-state index is -0.687. The second-order valence-corrected chi connectivity index (χ2v) is 6.87. The van der Waals surface area contributed by atoms with Gasteiger partial charge in [0, 0.05) is 12.1 Å². The monoisotopic (exact) mass is 395 g/mol. The zero-order valence-corrected chi connectivity index (χ0v) is 16.6. The first-order chi connectivity index (χ1) is 14.0. The van der Waals surface area contributed by atoms with E-state index in [9.17, 15) is 14.4 Å². The van der Waals surface area contributed by atoms with Crippen LogP contribution in [-0.2, 0) is 22.6 Å². The summed E-state index contributed by atoms with van der Waals surface area (Å²) in [4.78, 5) is 38.3. The standard InChI is InChI=1S/C22H25N3O4/c1-3-16-6-4-5-7-18(16)23-20(26)13-12-19-21(27)25(22(28)24-19)14-15-8-10-17(29-2)11-9-15/h4-11,19H,3,12-14H2,1-2H3,(H,23,26)(H,24,28)/t19-/m0/s1. The fourth-order valence-electron chi connectivity index (χ4n) is 3.27. The van der Waals surface area contributed by atoms with Gasteiger partial charge in [-0.1, -0.05) is 37.3 Å². The number of anilines is 1. The number of aryl methyl sites for hydroxylation is 1. The van der Waals surface area contributed by atoms with E-state index >= 15 is 0 Å². The fourth-order valence-corrected chi connectivity index (χ4v) is 3.27. The average molecular weight is 395 g/mol. The van der Waals surface area contributed by atoms with E-state index in [-0.39, 0.29) is 31.2 Å². The number of nitrogens with zero attached hydrogens (tertiary/aromatic N) is 1. The van der Waals surface area contributed by atoms with Crippen LogP contribution in [0.15, 0.2) is 48.5 Å². The van der Waals surface area contributed by atoms with Crippen molar-refractivity contribution in [3.63, 3.8) is 0 Å². The van der Waals surface area contributed by atoms with Gasteiger partial charge in [0.25, 0.3) is 5.91 Å². The third-order valence-electron chi connectivity index (χ3n) is 4.94. The van der Waals surface area contributed by atoms with Gasteiger partial charge in [-0.15, -0.1) is 0 Å². The molecule has 1 atom stereocenters. The molecule has 29 heavy (non-hydrogen) atoms. The highest BCUT2D eigenvalue weighted by Gasteiger charge is 2.37. The van der Waals surface area contributed by atoms with Crippen molar-refractivity contribution in [1.82, 2.24) is 10.2 Å². The van der Waals surface area contributed by atoms with E-state index in [4.69, 9.17) is 4.74 Å². The Hall–Kier alpha value is -3.35. The molecule has 0 saturated carbocycles. The molecule has 1 aliphatic heterocycles. The number of carbonyl (C=O) groups excluding carboxylic acids is 3. The van der Waals surface area contributed by atoms with Crippen LogP contribution in [-0.4, -0.2) is 35.9 Å². The summed E-state index contributed by atoms with van der Waals surface area (Å²) < 4.78 is 5.11. The van der Waals surface area contributed by atoms with Crippen molar-refractivity contribution in [1.29, 1.82) is 0 Å². The molecule has 0 spiro atoms. The van der Waals surface area contributed by atoms with Crippen LogP contribution in [0.2, 0.25) is 0 Å². The summed E-state index contributed by atoms with van der Waals surface area (Å²) in [5.41, 5.74) is 2.66. The third-order valence-corrected chi connectivity index (χ3v) is 4.94. The predicted octanol–water partition coefficient (Wildman–Crippen LogP) is 3.10. The smallest absolute Gasteiger partial charge is 0.325 e. The number of imide groups is 1. The molecule has 2 aromatic rings. The van der Waals surface area contributed by atoms with E-state index in [1.54, 1.807) is 19.2 Å². The zero-order valence-electron chi connectivity index (χ0n) is 16.6. The molecule has 2 N–H and O–H groups in total. The molecule has 1 saturated heterocycles. The summed E-state index contributed by atoms with van der Waals surface area (Å²) in [5.74, 6) is 0.216. The average Bonchev–Trinajstić information content (AvgIpc) is 3.00. The van der Waals surface area contributed by atoms with Gasteiger partial charge in [0.2, 0.25) is 5.91 Å². The molecule has 2 aromatic carbocycles. The Morgan fingerprint density at radius 2 is 1.86 bits per heavy atom. The van der Waals surface area contributed by atoms with Gasteiger partial charge in [0.15, 0.2) is 0 Å². The van der Waals surface area contributed by atoms with Crippen LogP contribution in [0.1, 0.15) is 30.9 Å². The van der Waals surface area contributed by atoms with Gasteiger partial charge in [-0.3, -0.25) is 14.5 Å². The molecule has 3 rings (SSSR count). The van der Waals surface area contributed by atoms with E-state index in [0.29, 0.717) is 5.75 Å². The molecule has 1 fully saturated rings. The zero-order chi connectivity index (χ0) is 20.8. The molecular weight excluding hydrogens is 370 g/mol. The number of rotatable bonds is 8. The first-order valence-electron chi connectivity index (χ1n) is 9.64. The Morgan fingerprint density at radius 3 is 2.55 bits per heavy atom. The van der Waals surface area contributed by atoms with Crippen LogP contribution >= 0.6 is 0 Å². The number of benzene rings is 2. The molecule has 1 aliphatic rings. The lowest BCUT2D eigenvalue weighted by atomic mass is 10.1. The van der Waals surface area contributed by atoms with E-state index < -0.39 is 12.1 Å². The normalized spacial score (nSPS) is 15.9. The van der Waals surface area contributed by atoms with E-state index in [1.807, 2.05) is 43.3 Å². The van der Waals surface area contributed by atoms with Crippen LogP contribution < -0.4 is 15.4 Å². The summed E-state index contributed by atoms with van der Waals surface area (Å²) in [7, 11) is 1.58. The van der Waals surface area contributed by atoms with Crippen LogP contribution in [0, 0.1) is 0 Å². The molecule has 7 heteroatoms. The molecule has 0 radical (unpaired) electrons. The van der Waals surface area contributed by atoms with Gasteiger partial charge in [-0.05, 0) is 42.2 Å². The number of hydrogen-bond acceptors (Lipinski definition) is 4. The van der Waals surface area contributed by atoms with Crippen LogP contribution in [0.3, 0.4) is 0 Å². The second-order valence-electron chi connectivity index (χ2n) is 6.87. The highest BCUT2D eigenvalue weighted by atomic mass is 16.5. The van der Waals surface area contributed by atoms with Crippen molar-refractivity contribution >= 4 is 23.5 Å². The molecule has 4 amide bonds. The van der Waals surface area contributed by atoms with Gasteiger partial charge in [0.1, 0.15) is 11.8 Å². The molecule has 0 unspecified atom stereocenters. The van der Waals surface area contributed by atoms with E-state index in [2.05, 4.69) is 10.6 Å². The lowest BCUT2D eigenvalue weighted by Gasteiger charge is -2.14. The van der Waals surface area contributed by atoms with Crippen LogP contribution in [0.25, 0.3) is 0 Å². The Kier molecular flexibility index (Phi) is 6.49. The van der Waals surface area contributed by atoms with Crippen molar-refractivity contribution in [3.8, 4) is 5.75 Å². The van der Waals surface area contributed by atoms with Gasteiger partial charge in [0.05, 0.1) is 13.7 Å². The first-order valence-corrected chi connectivity index (χ1v) is 9.64. The Morgan fingerprint density at radius 1 is 1.14 bits per heavy atom. The summed E-state index contributed by atoms with van der Waals surface area (Å²) in [5, 5.41) is 5.56. The Bertz CT molecular complexity index is 895. The predicted molar refractivity (Wildman–Crippen MR) is 110 cm³/mol. The maximum atomic E-state index is 12.6. The van der Waals surface area contributed by atoms with Gasteiger partial charge in [-0.25, -0.2) is 4.79 Å². The lowest BCUT2D eigenvalue weighted by Crippen LogP contribution is -2.31. The molecule has 152 valence electrons. The topological polar surface area (TPSA) is 87.7 Å². The Balaban J connectivity index is 1.54. The highest BCUT2D eigenvalue weighted by molar-refractivity contribution is 6.04. The number of carbonyl (C=O) groups is 3. The van der Waals surface area contributed by atoms with E-state index in [0.717, 1.165) is 23.2 Å². The number of nitrogens with one attached hydrogen (secondary N) is 2. The Labute approximate surface area is 170 Å². The number of methoxy groups -OCH3 is 1. The second kappa shape index (κ2) is 9.23. The summed E-state index contributed by atoms with van der Waals surface area (Å²) in [6.45, 7) is 2.20. The molecule has 1 heterocycles. The SMILES string of the molecule is CCc1ccccc1NC(=O)CC[C@@H]1NC(=O)N(Cc2ccc(OC)cc2)C1=O. The maximum absolute atomic E-state index is 12.6. The quantitative estimate of drug-likeness (QED) is 0.673. The summed E-state index contributed by atoms with van der Waals surface area (Å²) in [6.07, 6.45) is 1.21. The van der Waals surface area contributed by atoms with Gasteiger partial charge in [-0.2, -0.15) is 0 Å².